The van der Waals surface area contributed by atoms with Crippen molar-refractivity contribution >= 4 is 6.09 Å². The Labute approximate surface area is 75.2 Å². The molecule has 0 aromatic carbocycles. The minimum Gasteiger partial charge on any atom is -0.440 e. The summed E-state index contributed by atoms with van der Waals surface area (Å²) in [6.45, 7) is 0. The molecule has 1 amide bonds. The molecule has 5 heteroatoms. The van der Waals surface area contributed by atoms with Crippen molar-refractivity contribution in [1.82, 2.24) is 4.90 Å². The van der Waals surface area contributed by atoms with Gasteiger partial charge in [0.15, 0.2) is 0 Å². The van der Waals surface area contributed by atoms with Gasteiger partial charge >= 0.3 is 6.09 Å². The summed E-state index contributed by atoms with van der Waals surface area (Å²) in [6, 6.07) is -0.465. The Morgan fingerprint density at radius 1 is 1.46 bits per heavy atom. The number of carbonyl (C=O) groups is 1. The molecule has 1 fully saturated rings. The lowest BCUT2D eigenvalue weighted by Crippen LogP contribution is -2.50. The van der Waals surface area contributed by atoms with Crippen molar-refractivity contribution in [3.63, 3.8) is 0 Å². The van der Waals surface area contributed by atoms with E-state index in [9.17, 15) is 15.0 Å². The molecule has 0 spiro atoms. The molecule has 2 N–H and O–H groups in total. The van der Waals surface area contributed by atoms with Crippen LogP contribution in [0.3, 0.4) is 0 Å². The second kappa shape index (κ2) is 2.71. The summed E-state index contributed by atoms with van der Waals surface area (Å²) in [7, 11) is 1.54. The average molecular weight is 185 g/mol. The third-order valence-corrected chi connectivity index (χ3v) is 2.51. The third kappa shape index (κ3) is 1.12. The SMILES string of the molecule is CN1C(=O)OC2C=CC(O)C(O)C21. The van der Waals surface area contributed by atoms with Crippen molar-refractivity contribution in [3.05, 3.63) is 12.2 Å². The van der Waals surface area contributed by atoms with Gasteiger partial charge in [0.2, 0.25) is 0 Å². The van der Waals surface area contributed by atoms with Crippen LogP contribution in [0.1, 0.15) is 0 Å². The van der Waals surface area contributed by atoms with Crippen molar-refractivity contribution in [1.29, 1.82) is 0 Å². The highest BCUT2D eigenvalue weighted by atomic mass is 16.6. The molecule has 0 aromatic rings. The maximum Gasteiger partial charge on any atom is 0.410 e. The summed E-state index contributed by atoms with van der Waals surface area (Å²) < 4.78 is 4.93. The summed E-state index contributed by atoms with van der Waals surface area (Å²) >= 11 is 0. The fourth-order valence-electron chi connectivity index (χ4n) is 1.73. The Bertz CT molecular complexity index is 265. The fraction of sp³-hybridized carbons (Fsp3) is 0.625. The average Bonchev–Trinajstić information content (AvgIpc) is 2.37. The summed E-state index contributed by atoms with van der Waals surface area (Å²) in [4.78, 5) is 12.4. The number of carbonyl (C=O) groups excluding carboxylic acids is 1. The van der Waals surface area contributed by atoms with Gasteiger partial charge < -0.3 is 19.8 Å². The quantitative estimate of drug-likeness (QED) is 0.480. The van der Waals surface area contributed by atoms with E-state index >= 15 is 0 Å². The van der Waals surface area contributed by atoms with Crippen LogP contribution in [0.5, 0.6) is 0 Å². The Morgan fingerprint density at radius 2 is 2.15 bits per heavy atom. The summed E-state index contributed by atoms with van der Waals surface area (Å²) in [5.74, 6) is 0. The van der Waals surface area contributed by atoms with Crippen LogP contribution in [0, 0.1) is 0 Å². The molecule has 5 nitrogen and oxygen atoms in total. The first-order valence-corrected chi connectivity index (χ1v) is 4.09. The smallest absolute Gasteiger partial charge is 0.410 e. The van der Waals surface area contributed by atoms with E-state index in [0.717, 1.165) is 0 Å². The monoisotopic (exact) mass is 185 g/mol. The third-order valence-electron chi connectivity index (χ3n) is 2.51. The Hall–Kier alpha value is -1.07. The highest BCUT2D eigenvalue weighted by molar-refractivity contribution is 5.71. The molecule has 0 bridgehead atoms. The predicted octanol–water partition coefficient (Wildman–Crippen LogP) is -0.903. The molecule has 1 aliphatic heterocycles. The van der Waals surface area contributed by atoms with Gasteiger partial charge in [-0.05, 0) is 6.08 Å². The van der Waals surface area contributed by atoms with Gasteiger partial charge in [-0.15, -0.1) is 0 Å². The van der Waals surface area contributed by atoms with Crippen LogP contribution in [-0.2, 0) is 4.74 Å². The van der Waals surface area contributed by atoms with E-state index in [1.54, 1.807) is 13.1 Å². The van der Waals surface area contributed by atoms with Gasteiger partial charge in [-0.3, -0.25) is 0 Å². The van der Waals surface area contributed by atoms with Crippen LogP contribution < -0.4 is 0 Å². The molecule has 13 heavy (non-hydrogen) atoms. The van der Waals surface area contributed by atoms with Gasteiger partial charge in [0.1, 0.15) is 24.4 Å². The molecule has 4 unspecified atom stereocenters. The first-order valence-electron chi connectivity index (χ1n) is 4.09. The number of amides is 1. The molecule has 0 aromatic heterocycles. The lowest BCUT2D eigenvalue weighted by molar-refractivity contribution is -0.0118. The zero-order chi connectivity index (χ0) is 9.59. The predicted molar refractivity (Wildman–Crippen MR) is 43.0 cm³/mol. The minimum atomic E-state index is -0.966. The van der Waals surface area contributed by atoms with E-state index < -0.39 is 30.4 Å². The van der Waals surface area contributed by atoms with E-state index in [0.29, 0.717) is 0 Å². The normalized spacial score (nSPS) is 43.3. The molecule has 1 heterocycles. The standard InChI is InChI=1S/C8H11NO4/c1-9-6-5(13-8(9)12)3-2-4(10)7(6)11/h2-7,10-11H,1H3. The molecule has 1 saturated heterocycles. The summed E-state index contributed by atoms with van der Waals surface area (Å²) in [5.41, 5.74) is 0. The van der Waals surface area contributed by atoms with Crippen LogP contribution in [-0.4, -0.2) is 52.6 Å². The maximum atomic E-state index is 11.1. The van der Waals surface area contributed by atoms with Crippen molar-refractivity contribution in [2.24, 2.45) is 0 Å². The second-order valence-electron chi connectivity index (χ2n) is 3.32. The van der Waals surface area contributed by atoms with Gasteiger partial charge in [-0.1, -0.05) is 6.08 Å². The topological polar surface area (TPSA) is 70.0 Å². The Morgan fingerprint density at radius 3 is 2.85 bits per heavy atom. The minimum absolute atomic E-state index is 0.434. The van der Waals surface area contributed by atoms with Crippen LogP contribution >= 0.6 is 0 Å². The van der Waals surface area contributed by atoms with E-state index in [-0.39, 0.29) is 0 Å². The zero-order valence-corrected chi connectivity index (χ0v) is 7.12. The van der Waals surface area contributed by atoms with Crippen molar-refractivity contribution < 1.29 is 19.7 Å². The van der Waals surface area contributed by atoms with Crippen molar-refractivity contribution in [3.8, 4) is 0 Å². The lowest BCUT2D eigenvalue weighted by atomic mass is 9.94. The number of fused-ring (bicyclic) bond motifs is 1. The van der Waals surface area contributed by atoms with Crippen LogP contribution in [0.4, 0.5) is 4.79 Å². The van der Waals surface area contributed by atoms with Crippen molar-refractivity contribution in [2.45, 2.75) is 24.4 Å². The van der Waals surface area contributed by atoms with Gasteiger partial charge in [0, 0.05) is 7.05 Å². The van der Waals surface area contributed by atoms with Gasteiger partial charge in [-0.2, -0.15) is 0 Å². The molecular formula is C8H11NO4. The number of aliphatic hydroxyl groups excluding tert-OH is 2. The van der Waals surface area contributed by atoms with Gasteiger partial charge in [-0.25, -0.2) is 4.79 Å². The summed E-state index contributed by atoms with van der Waals surface area (Å²) in [5, 5.41) is 18.9. The number of hydrogen-bond donors (Lipinski definition) is 2. The van der Waals surface area contributed by atoms with Crippen molar-refractivity contribution in [2.75, 3.05) is 7.05 Å². The number of likely N-dealkylation sites (N-methyl/N-ethyl adjacent to an activating group) is 1. The molecule has 2 rings (SSSR count). The van der Waals surface area contributed by atoms with E-state index in [1.807, 2.05) is 0 Å². The maximum absolute atomic E-state index is 11.1. The molecule has 1 aliphatic carbocycles. The highest BCUT2D eigenvalue weighted by Gasteiger charge is 2.46. The first kappa shape index (κ1) is 8.52. The van der Waals surface area contributed by atoms with Crippen LogP contribution in [0.25, 0.3) is 0 Å². The number of nitrogens with zero attached hydrogens (tertiary/aromatic N) is 1. The Balaban J connectivity index is 2.28. The molecule has 72 valence electrons. The van der Waals surface area contributed by atoms with Gasteiger partial charge in [0.25, 0.3) is 0 Å². The van der Waals surface area contributed by atoms with Gasteiger partial charge in [0.05, 0.1) is 0 Å². The van der Waals surface area contributed by atoms with Crippen LogP contribution in [0.15, 0.2) is 12.2 Å². The Kier molecular flexibility index (Phi) is 1.78. The highest BCUT2D eigenvalue weighted by Crippen LogP contribution is 2.26. The molecular weight excluding hydrogens is 174 g/mol. The molecule has 0 saturated carbocycles. The second-order valence-corrected chi connectivity index (χ2v) is 3.32. The number of hydrogen-bond acceptors (Lipinski definition) is 4. The van der Waals surface area contributed by atoms with E-state index in [1.165, 1.54) is 11.0 Å². The van der Waals surface area contributed by atoms with Crippen LogP contribution in [0.2, 0.25) is 0 Å². The molecule has 0 radical (unpaired) electrons. The van der Waals surface area contributed by atoms with E-state index in [4.69, 9.17) is 4.74 Å². The fourth-order valence-corrected chi connectivity index (χ4v) is 1.73. The number of ether oxygens (including phenoxy) is 1. The number of rotatable bonds is 0. The van der Waals surface area contributed by atoms with E-state index in [2.05, 4.69) is 0 Å². The molecule has 2 aliphatic rings. The molecule has 4 atom stereocenters. The largest absolute Gasteiger partial charge is 0.440 e. The first-order chi connectivity index (χ1) is 6.11. The number of aliphatic hydroxyl groups is 2. The zero-order valence-electron chi connectivity index (χ0n) is 7.12. The lowest BCUT2D eigenvalue weighted by Gasteiger charge is -2.30. The summed E-state index contributed by atoms with van der Waals surface area (Å²) in [6.07, 6.45) is 0.259.